The van der Waals surface area contributed by atoms with Gasteiger partial charge in [-0.25, -0.2) is 4.79 Å². The summed E-state index contributed by atoms with van der Waals surface area (Å²) < 4.78 is 0. The van der Waals surface area contributed by atoms with Crippen LogP contribution in [-0.4, -0.2) is 52.7 Å². The van der Waals surface area contributed by atoms with Crippen molar-refractivity contribution in [3.8, 4) is 12.3 Å². The summed E-state index contributed by atoms with van der Waals surface area (Å²) in [6.45, 7) is 1.99. The fourth-order valence-corrected chi connectivity index (χ4v) is 2.41. The van der Waals surface area contributed by atoms with E-state index in [1.165, 1.54) is 4.90 Å². The lowest BCUT2D eigenvalue weighted by Crippen LogP contribution is -2.53. The second-order valence-electron chi connectivity index (χ2n) is 3.88. The summed E-state index contributed by atoms with van der Waals surface area (Å²) in [6, 6.07) is 0.580. The van der Waals surface area contributed by atoms with E-state index in [1.54, 1.807) is 0 Å². The molecule has 0 aromatic rings. The molecule has 2 aliphatic heterocycles. The zero-order valence-corrected chi connectivity index (χ0v) is 8.02. The Balaban J connectivity index is 2.02. The third-order valence-electron chi connectivity index (χ3n) is 3.16. The number of terminal acetylenes is 1. The second kappa shape index (κ2) is 3.50. The zero-order valence-electron chi connectivity index (χ0n) is 8.02. The van der Waals surface area contributed by atoms with Gasteiger partial charge in [0.2, 0.25) is 0 Å². The van der Waals surface area contributed by atoms with Crippen molar-refractivity contribution in [2.24, 2.45) is 0 Å². The first-order valence-electron chi connectivity index (χ1n) is 4.92. The number of amides is 1. The molecular weight excluding hydrogens is 180 g/mol. The summed E-state index contributed by atoms with van der Waals surface area (Å²) in [7, 11) is 0. The van der Waals surface area contributed by atoms with Crippen LogP contribution in [0.4, 0.5) is 4.79 Å². The Labute approximate surface area is 83.5 Å². The maximum atomic E-state index is 10.8. The van der Waals surface area contributed by atoms with Gasteiger partial charge in [0.1, 0.15) is 0 Å². The minimum atomic E-state index is -0.811. The van der Waals surface area contributed by atoms with Crippen LogP contribution in [0.2, 0.25) is 0 Å². The summed E-state index contributed by atoms with van der Waals surface area (Å²) in [5.41, 5.74) is 0. The SMILES string of the molecule is C#CC1CCC2CN(C(=O)O)CCN12. The van der Waals surface area contributed by atoms with E-state index in [0.717, 1.165) is 19.4 Å². The molecule has 0 aromatic carbocycles. The molecule has 0 aliphatic carbocycles. The fraction of sp³-hybridized carbons (Fsp3) is 0.700. The van der Waals surface area contributed by atoms with Crippen molar-refractivity contribution in [3.63, 3.8) is 0 Å². The Morgan fingerprint density at radius 1 is 1.43 bits per heavy atom. The van der Waals surface area contributed by atoms with E-state index in [-0.39, 0.29) is 6.04 Å². The lowest BCUT2D eigenvalue weighted by Gasteiger charge is -2.37. The normalized spacial score (nSPS) is 32.4. The number of piperazine rings is 1. The highest BCUT2D eigenvalue weighted by Gasteiger charge is 2.37. The third kappa shape index (κ3) is 1.44. The molecule has 0 saturated carbocycles. The molecule has 0 radical (unpaired) electrons. The average molecular weight is 194 g/mol. The maximum absolute atomic E-state index is 10.8. The zero-order chi connectivity index (χ0) is 10.1. The first kappa shape index (κ1) is 9.35. The predicted molar refractivity (Wildman–Crippen MR) is 51.9 cm³/mol. The topological polar surface area (TPSA) is 43.8 Å². The molecule has 2 fully saturated rings. The molecule has 4 nitrogen and oxygen atoms in total. The molecule has 76 valence electrons. The summed E-state index contributed by atoms with van der Waals surface area (Å²) >= 11 is 0. The molecule has 2 rings (SSSR count). The van der Waals surface area contributed by atoms with Crippen molar-refractivity contribution in [1.29, 1.82) is 0 Å². The highest BCUT2D eigenvalue weighted by molar-refractivity contribution is 5.65. The highest BCUT2D eigenvalue weighted by Crippen LogP contribution is 2.26. The van der Waals surface area contributed by atoms with Crippen molar-refractivity contribution < 1.29 is 9.90 Å². The Hall–Kier alpha value is -1.21. The smallest absolute Gasteiger partial charge is 0.407 e. The van der Waals surface area contributed by atoms with E-state index in [1.807, 2.05) is 0 Å². The second-order valence-corrected chi connectivity index (χ2v) is 3.88. The molecule has 14 heavy (non-hydrogen) atoms. The number of hydrogen-bond acceptors (Lipinski definition) is 2. The van der Waals surface area contributed by atoms with Crippen LogP contribution in [-0.2, 0) is 0 Å². The van der Waals surface area contributed by atoms with E-state index in [4.69, 9.17) is 11.5 Å². The number of hydrogen-bond donors (Lipinski definition) is 1. The van der Waals surface area contributed by atoms with Gasteiger partial charge in [-0.1, -0.05) is 5.92 Å². The Morgan fingerprint density at radius 2 is 2.21 bits per heavy atom. The van der Waals surface area contributed by atoms with Crippen LogP contribution in [0, 0.1) is 12.3 Å². The molecule has 0 spiro atoms. The van der Waals surface area contributed by atoms with Crippen molar-refractivity contribution in [3.05, 3.63) is 0 Å². The molecule has 2 saturated heterocycles. The molecule has 2 unspecified atom stereocenters. The van der Waals surface area contributed by atoms with E-state index in [2.05, 4.69) is 10.8 Å². The Morgan fingerprint density at radius 3 is 2.86 bits per heavy atom. The number of rotatable bonds is 0. The fourth-order valence-electron chi connectivity index (χ4n) is 2.41. The van der Waals surface area contributed by atoms with Crippen LogP contribution < -0.4 is 0 Å². The van der Waals surface area contributed by atoms with Gasteiger partial charge in [-0.05, 0) is 12.8 Å². The van der Waals surface area contributed by atoms with Gasteiger partial charge < -0.3 is 10.0 Å². The van der Waals surface area contributed by atoms with Crippen molar-refractivity contribution in [2.45, 2.75) is 24.9 Å². The Kier molecular flexibility index (Phi) is 2.34. The maximum Gasteiger partial charge on any atom is 0.407 e. The van der Waals surface area contributed by atoms with Crippen molar-refractivity contribution in [2.75, 3.05) is 19.6 Å². The molecule has 2 heterocycles. The van der Waals surface area contributed by atoms with E-state index in [0.29, 0.717) is 19.1 Å². The van der Waals surface area contributed by atoms with Crippen molar-refractivity contribution >= 4 is 6.09 Å². The number of nitrogens with zero attached hydrogens (tertiary/aromatic N) is 2. The Bertz CT molecular complexity index is 284. The summed E-state index contributed by atoms with van der Waals surface area (Å²) in [4.78, 5) is 14.5. The van der Waals surface area contributed by atoms with Gasteiger partial charge in [0.15, 0.2) is 0 Å². The summed E-state index contributed by atoms with van der Waals surface area (Å²) in [5.74, 6) is 2.77. The van der Waals surface area contributed by atoms with Gasteiger partial charge in [0, 0.05) is 25.7 Å². The van der Waals surface area contributed by atoms with Crippen LogP contribution in [0.1, 0.15) is 12.8 Å². The monoisotopic (exact) mass is 194 g/mol. The standard InChI is InChI=1S/C10H14N2O2/c1-2-8-3-4-9-7-11(10(13)14)5-6-12(8)9/h1,8-9H,3-7H2,(H,13,14). The van der Waals surface area contributed by atoms with Gasteiger partial charge in [0.25, 0.3) is 0 Å². The van der Waals surface area contributed by atoms with Gasteiger partial charge in [0.05, 0.1) is 6.04 Å². The largest absolute Gasteiger partial charge is 0.465 e. The van der Waals surface area contributed by atoms with Gasteiger partial charge in [-0.15, -0.1) is 6.42 Å². The minimum absolute atomic E-state index is 0.232. The molecule has 4 heteroatoms. The van der Waals surface area contributed by atoms with Gasteiger partial charge in [-0.3, -0.25) is 4.90 Å². The molecule has 0 aromatic heterocycles. The number of carboxylic acid groups (broad SMARTS) is 1. The highest BCUT2D eigenvalue weighted by atomic mass is 16.4. The van der Waals surface area contributed by atoms with Crippen molar-refractivity contribution in [1.82, 2.24) is 9.80 Å². The predicted octanol–water partition coefficient (Wildman–Crippen LogP) is 0.446. The number of carbonyl (C=O) groups is 1. The first-order chi connectivity index (χ1) is 6.72. The first-order valence-corrected chi connectivity index (χ1v) is 4.92. The third-order valence-corrected chi connectivity index (χ3v) is 3.16. The van der Waals surface area contributed by atoms with E-state index < -0.39 is 6.09 Å². The van der Waals surface area contributed by atoms with Crippen LogP contribution in [0.5, 0.6) is 0 Å². The molecule has 1 amide bonds. The molecule has 0 bridgehead atoms. The summed E-state index contributed by atoms with van der Waals surface area (Å²) in [6.07, 6.45) is 6.64. The summed E-state index contributed by atoms with van der Waals surface area (Å²) in [5, 5.41) is 8.85. The lowest BCUT2D eigenvalue weighted by atomic mass is 10.2. The average Bonchev–Trinajstić information content (AvgIpc) is 2.59. The van der Waals surface area contributed by atoms with Crippen LogP contribution >= 0.6 is 0 Å². The molecule has 2 atom stereocenters. The molecule has 2 aliphatic rings. The quantitative estimate of drug-likeness (QED) is 0.569. The van der Waals surface area contributed by atoms with E-state index >= 15 is 0 Å². The number of fused-ring (bicyclic) bond motifs is 1. The van der Waals surface area contributed by atoms with Crippen LogP contribution in [0.25, 0.3) is 0 Å². The molecule has 1 N–H and O–H groups in total. The lowest BCUT2D eigenvalue weighted by molar-refractivity contribution is 0.0808. The van der Waals surface area contributed by atoms with E-state index in [9.17, 15) is 4.79 Å². The van der Waals surface area contributed by atoms with Crippen LogP contribution in [0.3, 0.4) is 0 Å². The van der Waals surface area contributed by atoms with Crippen LogP contribution in [0.15, 0.2) is 0 Å². The van der Waals surface area contributed by atoms with Gasteiger partial charge in [-0.2, -0.15) is 0 Å². The molecular formula is C10H14N2O2. The van der Waals surface area contributed by atoms with Gasteiger partial charge >= 0.3 is 6.09 Å². The minimum Gasteiger partial charge on any atom is -0.465 e.